The molecule has 0 aliphatic heterocycles. The first-order valence-corrected chi connectivity index (χ1v) is 5.76. The molecule has 0 amide bonds. The molecule has 0 aromatic heterocycles. The molecule has 16 heavy (non-hydrogen) atoms. The Labute approximate surface area is 97.4 Å². The Bertz CT molecular complexity index is 362. The van der Waals surface area contributed by atoms with E-state index >= 15 is 0 Å². The lowest BCUT2D eigenvalue weighted by Gasteiger charge is -2.07. The average Bonchev–Trinajstić information content (AvgIpc) is 2.37. The van der Waals surface area contributed by atoms with Crippen molar-refractivity contribution < 1.29 is 4.74 Å². The van der Waals surface area contributed by atoms with E-state index in [2.05, 4.69) is 36.8 Å². The van der Waals surface area contributed by atoms with E-state index in [0.717, 1.165) is 19.4 Å². The van der Waals surface area contributed by atoms with Crippen molar-refractivity contribution in [2.45, 2.75) is 19.4 Å². The smallest absolute Gasteiger partial charge is 0.0717 e. The highest BCUT2D eigenvalue weighted by Gasteiger charge is 1.98. The molecule has 1 heteroatoms. The Morgan fingerprint density at radius 2 is 2.00 bits per heavy atom. The van der Waals surface area contributed by atoms with E-state index in [-0.39, 0.29) is 0 Å². The van der Waals surface area contributed by atoms with Gasteiger partial charge in [0.2, 0.25) is 0 Å². The van der Waals surface area contributed by atoms with Gasteiger partial charge in [0, 0.05) is 0 Å². The van der Waals surface area contributed by atoms with Crippen LogP contribution < -0.4 is 0 Å². The van der Waals surface area contributed by atoms with Crippen LogP contribution >= 0.6 is 0 Å². The normalized spacial score (nSPS) is 14.9. The molecule has 1 aromatic rings. The molecule has 0 bridgehead atoms. The molecule has 2 rings (SSSR count). The summed E-state index contributed by atoms with van der Waals surface area (Å²) in [4.78, 5) is 0. The van der Waals surface area contributed by atoms with E-state index in [0.29, 0.717) is 6.61 Å². The molecule has 0 saturated carbocycles. The molecule has 1 nitrogen and oxygen atoms in total. The molecule has 83 valence electrons. The summed E-state index contributed by atoms with van der Waals surface area (Å²) in [5, 5.41) is 0. The Hall–Kier alpha value is -1.34. The maximum absolute atomic E-state index is 5.63. The number of hydrogen-bond donors (Lipinski definition) is 0. The van der Waals surface area contributed by atoms with Crippen molar-refractivity contribution in [3.05, 3.63) is 66.1 Å². The predicted molar refractivity (Wildman–Crippen MR) is 66.9 cm³/mol. The van der Waals surface area contributed by atoms with Crippen LogP contribution in [0.25, 0.3) is 0 Å². The van der Waals surface area contributed by atoms with E-state index < -0.39 is 0 Å². The molecule has 0 saturated heterocycles. The van der Waals surface area contributed by atoms with Crippen LogP contribution in [0.1, 0.15) is 18.4 Å². The van der Waals surface area contributed by atoms with Gasteiger partial charge >= 0.3 is 0 Å². The van der Waals surface area contributed by atoms with Gasteiger partial charge in [0.05, 0.1) is 13.2 Å². The molecule has 1 radical (unpaired) electrons. The second-order valence-corrected chi connectivity index (χ2v) is 3.90. The van der Waals surface area contributed by atoms with Crippen LogP contribution in [0.15, 0.2) is 54.1 Å². The molecule has 0 N–H and O–H groups in total. The van der Waals surface area contributed by atoms with Crippen LogP contribution in [0.3, 0.4) is 0 Å². The van der Waals surface area contributed by atoms with Gasteiger partial charge < -0.3 is 4.74 Å². The summed E-state index contributed by atoms with van der Waals surface area (Å²) in [6, 6.07) is 10.3. The van der Waals surface area contributed by atoms with Gasteiger partial charge in [0.25, 0.3) is 0 Å². The van der Waals surface area contributed by atoms with Gasteiger partial charge in [-0.05, 0) is 30.4 Å². The number of ether oxygens (including phenoxy) is 1. The molecule has 0 fully saturated rings. The molecular formula is C15H17O. The first-order valence-electron chi connectivity index (χ1n) is 5.76. The Morgan fingerprint density at radius 1 is 1.12 bits per heavy atom. The first-order chi connectivity index (χ1) is 7.95. The number of hydrogen-bond acceptors (Lipinski definition) is 1. The second kappa shape index (κ2) is 6.29. The van der Waals surface area contributed by atoms with Crippen LogP contribution in [0, 0.1) is 6.42 Å². The maximum Gasteiger partial charge on any atom is 0.0717 e. The standard InChI is InChI=1S/C15H17O/c1-3-7-14(8-4-1)11-12-16-13-15-9-5-2-6-10-15/h2-10H,1,11-13H2. The Morgan fingerprint density at radius 3 is 2.75 bits per heavy atom. The van der Waals surface area contributed by atoms with Crippen molar-refractivity contribution in [1.82, 2.24) is 0 Å². The summed E-state index contributed by atoms with van der Waals surface area (Å²) in [5.74, 6) is 0. The van der Waals surface area contributed by atoms with Gasteiger partial charge in [-0.3, -0.25) is 0 Å². The highest BCUT2D eigenvalue weighted by Crippen LogP contribution is 2.12. The highest BCUT2D eigenvalue weighted by atomic mass is 16.5. The number of rotatable bonds is 5. The zero-order valence-corrected chi connectivity index (χ0v) is 9.43. The van der Waals surface area contributed by atoms with Crippen molar-refractivity contribution in [1.29, 1.82) is 0 Å². The third kappa shape index (κ3) is 3.67. The van der Waals surface area contributed by atoms with Crippen LogP contribution in [0.5, 0.6) is 0 Å². The summed E-state index contributed by atoms with van der Waals surface area (Å²) in [5.41, 5.74) is 2.60. The fraction of sp³-hybridized carbons (Fsp3) is 0.267. The molecule has 0 heterocycles. The molecule has 1 aliphatic rings. The fourth-order valence-electron chi connectivity index (χ4n) is 1.69. The topological polar surface area (TPSA) is 9.23 Å². The maximum atomic E-state index is 5.63. The van der Waals surface area contributed by atoms with Crippen LogP contribution in [-0.4, -0.2) is 6.61 Å². The highest BCUT2D eigenvalue weighted by molar-refractivity contribution is 5.26. The molecule has 1 aliphatic carbocycles. The quantitative estimate of drug-likeness (QED) is 0.678. The fourth-order valence-corrected chi connectivity index (χ4v) is 1.69. The van der Waals surface area contributed by atoms with E-state index in [1.54, 1.807) is 0 Å². The minimum absolute atomic E-state index is 0.710. The van der Waals surface area contributed by atoms with Crippen molar-refractivity contribution in [2.24, 2.45) is 0 Å². The monoisotopic (exact) mass is 213 g/mol. The largest absolute Gasteiger partial charge is 0.376 e. The third-order valence-corrected chi connectivity index (χ3v) is 2.58. The summed E-state index contributed by atoms with van der Waals surface area (Å²) in [6.07, 6.45) is 10.8. The predicted octanol–water partition coefficient (Wildman–Crippen LogP) is 3.68. The molecular weight excluding hydrogens is 196 g/mol. The lowest BCUT2D eigenvalue weighted by atomic mass is 10.1. The summed E-state index contributed by atoms with van der Waals surface area (Å²) in [6.45, 7) is 1.50. The SMILES string of the molecule is [CH]1C=C(CCOCc2ccccc2)C=CC1. The minimum atomic E-state index is 0.710. The van der Waals surface area contributed by atoms with Gasteiger partial charge in [-0.1, -0.05) is 48.6 Å². The van der Waals surface area contributed by atoms with E-state index in [9.17, 15) is 0 Å². The van der Waals surface area contributed by atoms with Crippen LogP contribution in [0.2, 0.25) is 0 Å². The van der Waals surface area contributed by atoms with Gasteiger partial charge in [0.15, 0.2) is 0 Å². The summed E-state index contributed by atoms with van der Waals surface area (Å²) in [7, 11) is 0. The average molecular weight is 213 g/mol. The zero-order valence-electron chi connectivity index (χ0n) is 9.43. The lowest BCUT2D eigenvalue weighted by molar-refractivity contribution is 0.124. The summed E-state index contributed by atoms with van der Waals surface area (Å²) >= 11 is 0. The molecule has 0 spiro atoms. The number of benzene rings is 1. The van der Waals surface area contributed by atoms with Gasteiger partial charge in [-0.25, -0.2) is 0 Å². The van der Waals surface area contributed by atoms with Crippen molar-refractivity contribution >= 4 is 0 Å². The van der Waals surface area contributed by atoms with Crippen molar-refractivity contribution in [3.63, 3.8) is 0 Å². The van der Waals surface area contributed by atoms with E-state index in [1.165, 1.54) is 11.1 Å². The van der Waals surface area contributed by atoms with Crippen molar-refractivity contribution in [2.75, 3.05) is 6.61 Å². The lowest BCUT2D eigenvalue weighted by Crippen LogP contribution is -1.97. The second-order valence-electron chi connectivity index (χ2n) is 3.90. The van der Waals surface area contributed by atoms with Crippen LogP contribution in [0.4, 0.5) is 0 Å². The van der Waals surface area contributed by atoms with Gasteiger partial charge in [-0.2, -0.15) is 0 Å². The molecule has 1 aromatic carbocycles. The third-order valence-electron chi connectivity index (χ3n) is 2.58. The zero-order chi connectivity index (χ0) is 11.1. The minimum Gasteiger partial charge on any atom is -0.376 e. The molecule has 0 unspecified atom stereocenters. The summed E-state index contributed by atoms with van der Waals surface area (Å²) < 4.78 is 5.63. The van der Waals surface area contributed by atoms with Crippen molar-refractivity contribution in [3.8, 4) is 0 Å². The Balaban J connectivity index is 1.65. The first kappa shape index (κ1) is 11.2. The van der Waals surface area contributed by atoms with Gasteiger partial charge in [0.1, 0.15) is 0 Å². The van der Waals surface area contributed by atoms with Crippen LogP contribution in [-0.2, 0) is 11.3 Å². The van der Waals surface area contributed by atoms with E-state index in [4.69, 9.17) is 4.74 Å². The van der Waals surface area contributed by atoms with Gasteiger partial charge in [-0.15, -0.1) is 0 Å². The molecule has 0 atom stereocenters. The van der Waals surface area contributed by atoms with E-state index in [1.807, 2.05) is 18.2 Å². The number of allylic oxidation sites excluding steroid dienone is 3. The Kier molecular flexibility index (Phi) is 4.38.